The predicted octanol–water partition coefficient (Wildman–Crippen LogP) is 3.24. The number of pyridine rings is 1. The van der Waals surface area contributed by atoms with Crippen molar-refractivity contribution in [2.45, 2.75) is 27.2 Å². The minimum atomic E-state index is -0.556. The van der Waals surface area contributed by atoms with E-state index < -0.39 is 5.41 Å². The van der Waals surface area contributed by atoms with Gasteiger partial charge in [0.15, 0.2) is 0 Å². The Labute approximate surface area is 176 Å². The highest BCUT2D eigenvalue weighted by Gasteiger charge is 2.51. The average molecular weight is 403 g/mol. The molecule has 0 radical (unpaired) electrons. The summed E-state index contributed by atoms with van der Waals surface area (Å²) in [5, 5.41) is 0. The van der Waals surface area contributed by atoms with Gasteiger partial charge in [-0.05, 0) is 31.1 Å². The highest BCUT2D eigenvalue weighted by atomic mass is 16.2. The first kappa shape index (κ1) is 19.9. The van der Waals surface area contributed by atoms with Crippen LogP contribution in [0.4, 0.5) is 5.69 Å². The lowest BCUT2D eigenvalue weighted by atomic mass is 9.75. The molecule has 2 aromatic rings. The zero-order chi connectivity index (χ0) is 21.6. The number of rotatable bonds is 3. The Morgan fingerprint density at radius 3 is 2.53 bits per heavy atom. The van der Waals surface area contributed by atoms with E-state index in [0.29, 0.717) is 17.1 Å². The van der Waals surface area contributed by atoms with Crippen molar-refractivity contribution in [2.75, 3.05) is 19.0 Å². The number of aryl methyl sites for hydroxylation is 1. The molecule has 2 aliphatic rings. The Hall–Kier alpha value is -3.35. The van der Waals surface area contributed by atoms with Crippen molar-refractivity contribution in [2.24, 2.45) is 11.3 Å². The zero-order valence-corrected chi connectivity index (χ0v) is 17.9. The van der Waals surface area contributed by atoms with Crippen LogP contribution in [-0.2, 0) is 4.79 Å². The number of amides is 2. The second-order valence-corrected chi connectivity index (χ2v) is 8.53. The molecule has 0 spiro atoms. The van der Waals surface area contributed by atoms with Crippen LogP contribution in [0, 0.1) is 18.3 Å². The molecule has 30 heavy (non-hydrogen) atoms. The molecule has 1 atom stereocenters. The highest BCUT2D eigenvalue weighted by molar-refractivity contribution is 6.05. The molecule has 1 aliphatic heterocycles. The number of hydrogen-bond donors (Lipinski definition) is 0. The molecule has 154 valence electrons. The Morgan fingerprint density at radius 2 is 1.87 bits per heavy atom. The number of anilines is 1. The van der Waals surface area contributed by atoms with E-state index in [9.17, 15) is 9.59 Å². The van der Waals surface area contributed by atoms with Crippen molar-refractivity contribution >= 4 is 23.1 Å². The van der Waals surface area contributed by atoms with E-state index in [1.54, 1.807) is 43.7 Å². The first-order valence-electron chi connectivity index (χ1n) is 9.92. The van der Waals surface area contributed by atoms with E-state index in [0.717, 1.165) is 23.3 Å². The molecule has 1 saturated heterocycles. The minimum Gasteiger partial charge on any atom is -0.345 e. The summed E-state index contributed by atoms with van der Waals surface area (Å²) in [5.41, 5.74) is 3.32. The van der Waals surface area contributed by atoms with E-state index in [4.69, 9.17) is 0 Å². The summed E-state index contributed by atoms with van der Waals surface area (Å²) in [6.45, 7) is 5.80. The summed E-state index contributed by atoms with van der Waals surface area (Å²) in [7, 11) is 3.39. The number of carbonyl (C=O) groups excluding carboxylic acids is 2. The smallest absolute Gasteiger partial charge is 0.254 e. The van der Waals surface area contributed by atoms with Crippen LogP contribution in [0.25, 0.3) is 5.57 Å². The summed E-state index contributed by atoms with van der Waals surface area (Å²) in [4.78, 5) is 41.9. The van der Waals surface area contributed by atoms with Crippen molar-refractivity contribution in [3.8, 4) is 0 Å². The van der Waals surface area contributed by atoms with Gasteiger partial charge in [0.25, 0.3) is 5.91 Å². The van der Waals surface area contributed by atoms with Gasteiger partial charge >= 0.3 is 0 Å². The standard InChI is InChI=1S/C23H25N5O2/c1-14-25-11-17(12-26-14)15-6-7-19-20(9-15)28(22(30)23(19,2)3)18-8-16(10-24-13-18)21(29)27(4)5/h6,8-13,19H,7H2,1-5H3. The fraction of sp³-hybridized carbons (Fsp3) is 0.348. The molecule has 4 rings (SSSR count). The fourth-order valence-electron chi connectivity index (χ4n) is 4.06. The van der Waals surface area contributed by atoms with Crippen LogP contribution < -0.4 is 4.90 Å². The number of allylic oxidation sites excluding steroid dienone is 4. The Balaban J connectivity index is 1.78. The van der Waals surface area contributed by atoms with Crippen LogP contribution in [0.3, 0.4) is 0 Å². The van der Waals surface area contributed by atoms with E-state index in [1.165, 1.54) is 11.1 Å². The fourth-order valence-corrected chi connectivity index (χ4v) is 4.06. The van der Waals surface area contributed by atoms with Gasteiger partial charge in [0, 0.05) is 49.9 Å². The minimum absolute atomic E-state index is 0.00445. The van der Waals surface area contributed by atoms with Gasteiger partial charge in [-0.2, -0.15) is 0 Å². The van der Waals surface area contributed by atoms with Crippen LogP contribution in [0.5, 0.6) is 0 Å². The molecule has 0 saturated carbocycles. The van der Waals surface area contributed by atoms with Gasteiger partial charge in [-0.3, -0.25) is 19.5 Å². The molecule has 0 bridgehead atoms. The van der Waals surface area contributed by atoms with E-state index in [2.05, 4.69) is 21.0 Å². The van der Waals surface area contributed by atoms with Gasteiger partial charge in [-0.15, -0.1) is 0 Å². The van der Waals surface area contributed by atoms with Gasteiger partial charge in [0.05, 0.1) is 22.9 Å². The first-order chi connectivity index (χ1) is 14.2. The summed E-state index contributed by atoms with van der Waals surface area (Å²) in [5.74, 6) is 0.618. The van der Waals surface area contributed by atoms with E-state index in [-0.39, 0.29) is 17.7 Å². The summed E-state index contributed by atoms with van der Waals surface area (Å²) in [6, 6.07) is 1.74. The third-order valence-corrected chi connectivity index (χ3v) is 5.87. The molecule has 1 unspecified atom stereocenters. The lowest BCUT2D eigenvalue weighted by molar-refractivity contribution is -0.125. The van der Waals surface area contributed by atoms with Crippen molar-refractivity contribution in [1.82, 2.24) is 19.9 Å². The normalized spacial score (nSPS) is 19.8. The molecule has 0 N–H and O–H groups in total. The average Bonchev–Trinajstić information content (AvgIpc) is 2.93. The summed E-state index contributed by atoms with van der Waals surface area (Å²) in [6.07, 6.45) is 11.7. The Bertz CT molecular complexity index is 1080. The second-order valence-electron chi connectivity index (χ2n) is 8.53. The molecule has 7 heteroatoms. The van der Waals surface area contributed by atoms with Crippen LogP contribution in [0.2, 0.25) is 0 Å². The van der Waals surface area contributed by atoms with Crippen molar-refractivity contribution in [3.05, 3.63) is 65.7 Å². The van der Waals surface area contributed by atoms with Crippen molar-refractivity contribution in [3.63, 3.8) is 0 Å². The van der Waals surface area contributed by atoms with E-state index >= 15 is 0 Å². The van der Waals surface area contributed by atoms with Crippen LogP contribution in [0.15, 0.2) is 48.7 Å². The molecule has 7 nitrogen and oxygen atoms in total. The molecule has 2 amide bonds. The molecular weight excluding hydrogens is 378 g/mol. The summed E-state index contributed by atoms with van der Waals surface area (Å²) >= 11 is 0. The van der Waals surface area contributed by atoms with Gasteiger partial charge < -0.3 is 4.90 Å². The largest absolute Gasteiger partial charge is 0.345 e. The summed E-state index contributed by atoms with van der Waals surface area (Å²) < 4.78 is 0. The maximum absolute atomic E-state index is 13.4. The number of fused-ring (bicyclic) bond motifs is 1. The zero-order valence-electron chi connectivity index (χ0n) is 17.9. The topological polar surface area (TPSA) is 79.3 Å². The van der Waals surface area contributed by atoms with Gasteiger partial charge in [-0.1, -0.05) is 19.9 Å². The quantitative estimate of drug-likeness (QED) is 0.786. The monoisotopic (exact) mass is 403 g/mol. The molecule has 2 aromatic heterocycles. The van der Waals surface area contributed by atoms with Gasteiger partial charge in [0.1, 0.15) is 5.82 Å². The third-order valence-electron chi connectivity index (χ3n) is 5.87. The maximum Gasteiger partial charge on any atom is 0.254 e. The number of carbonyl (C=O) groups is 2. The van der Waals surface area contributed by atoms with Gasteiger partial charge in [0.2, 0.25) is 5.91 Å². The number of nitrogens with zero attached hydrogens (tertiary/aromatic N) is 5. The third kappa shape index (κ3) is 3.20. The molecule has 0 aromatic carbocycles. The molecular formula is C23H25N5O2. The molecule has 3 heterocycles. The highest BCUT2D eigenvalue weighted by Crippen LogP contribution is 2.50. The predicted molar refractivity (Wildman–Crippen MR) is 114 cm³/mol. The SMILES string of the molecule is Cc1ncc(C2=CCC3C(=C2)N(c2cncc(C(=O)N(C)C)c2)C(=O)C3(C)C)cn1. The number of hydrogen-bond acceptors (Lipinski definition) is 5. The number of aromatic nitrogens is 3. The first-order valence-corrected chi connectivity index (χ1v) is 9.92. The van der Waals surface area contributed by atoms with Crippen LogP contribution >= 0.6 is 0 Å². The lowest BCUT2D eigenvalue weighted by Crippen LogP contribution is -2.31. The lowest BCUT2D eigenvalue weighted by Gasteiger charge is -2.26. The van der Waals surface area contributed by atoms with E-state index in [1.807, 2.05) is 26.8 Å². The van der Waals surface area contributed by atoms with Crippen molar-refractivity contribution in [1.29, 1.82) is 0 Å². The van der Waals surface area contributed by atoms with Crippen LogP contribution in [-0.4, -0.2) is 45.8 Å². The Morgan fingerprint density at radius 1 is 1.17 bits per heavy atom. The Kier molecular flexibility index (Phi) is 4.76. The van der Waals surface area contributed by atoms with Gasteiger partial charge in [-0.25, -0.2) is 9.97 Å². The maximum atomic E-state index is 13.4. The molecule has 1 fully saturated rings. The van der Waals surface area contributed by atoms with Crippen LogP contribution in [0.1, 0.15) is 42.0 Å². The van der Waals surface area contributed by atoms with Crippen molar-refractivity contribution < 1.29 is 9.59 Å². The second kappa shape index (κ2) is 7.16. The molecule has 1 aliphatic carbocycles.